The molecule has 0 aromatic carbocycles. The van der Waals surface area contributed by atoms with Gasteiger partial charge in [-0.2, -0.15) is 0 Å². The monoisotopic (exact) mass is 793 g/mol. The van der Waals surface area contributed by atoms with Gasteiger partial charge in [-0.05, 0) is 93.6 Å². The van der Waals surface area contributed by atoms with Crippen LogP contribution >= 0.6 is 0 Å². The highest BCUT2D eigenvalue weighted by Gasteiger charge is 2.71. The molecule has 2 saturated heterocycles. The third-order valence-corrected chi connectivity index (χ3v) is 15.2. The Morgan fingerprint density at radius 1 is 0.911 bits per heavy atom. The number of hydrogen-bond donors (Lipinski definition) is 7. The maximum Gasteiger partial charge on any atom is 0.344 e. The number of aliphatic carboxylic acids is 1. The predicted molar refractivity (Wildman–Crippen MR) is 195 cm³/mol. The molecule has 16 heteroatoms. The van der Waals surface area contributed by atoms with E-state index in [1.807, 2.05) is 20.8 Å². The fourth-order valence-electron chi connectivity index (χ4n) is 11.9. The van der Waals surface area contributed by atoms with Gasteiger partial charge in [-0.25, -0.2) is 9.59 Å². The number of oxime groups is 1. The average molecular weight is 794 g/mol. The summed E-state index contributed by atoms with van der Waals surface area (Å²) in [6.07, 6.45) is -1.38. The van der Waals surface area contributed by atoms with Gasteiger partial charge in [-0.15, -0.1) is 0 Å². The second-order valence-electron chi connectivity index (χ2n) is 17.8. The second-order valence-corrected chi connectivity index (χ2v) is 17.8. The molecule has 0 spiro atoms. The molecule has 4 aliphatic carbocycles. The molecule has 18 atom stereocenters. The topological polar surface area (TPSA) is 247 Å². The zero-order valence-electron chi connectivity index (χ0n) is 32.5. The molecule has 7 N–H and O–H groups in total. The Hall–Kier alpha value is -2.51. The first-order valence-electron chi connectivity index (χ1n) is 20.2. The van der Waals surface area contributed by atoms with Crippen molar-refractivity contribution >= 4 is 12.2 Å². The van der Waals surface area contributed by atoms with E-state index >= 15 is 0 Å². The van der Waals surface area contributed by atoms with E-state index in [4.69, 9.17) is 28.2 Å². The highest BCUT2D eigenvalue weighted by Crippen LogP contribution is 2.71. The largest absolute Gasteiger partial charge is 0.479 e. The van der Waals surface area contributed by atoms with E-state index in [0.29, 0.717) is 44.9 Å². The molecule has 2 aliphatic heterocycles. The number of ether oxygens (including phenoxy) is 4. The first-order valence-corrected chi connectivity index (χ1v) is 20.2. The van der Waals surface area contributed by atoms with Gasteiger partial charge in [-0.3, -0.25) is 0 Å². The van der Waals surface area contributed by atoms with Crippen molar-refractivity contribution < 1.29 is 68.7 Å². The fraction of sp³-hybridized carbons (Fsp3) is 0.825. The summed E-state index contributed by atoms with van der Waals surface area (Å²) in [6, 6.07) is 3.21. The molecule has 314 valence electrons. The van der Waals surface area contributed by atoms with Crippen molar-refractivity contribution in [3.8, 4) is 0 Å². The Labute approximate surface area is 325 Å². The zero-order chi connectivity index (χ0) is 40.4. The first-order chi connectivity index (χ1) is 26.5. The van der Waals surface area contributed by atoms with E-state index < -0.39 is 102 Å². The SMILES string of the molecule is CC1OC(OC2CCC3(C=NOCC(=O)O)C4CCC5(C)C(c6ccc(=O)oc6)CCC5(O)C4CCC3(O)C2)C(C)C(C)C1OC1OC(CO)C(O)C(O)C1O. The molecule has 6 aliphatic rings. The minimum absolute atomic E-state index is 0.0178. The first kappa shape index (κ1) is 41.6. The Morgan fingerprint density at radius 3 is 2.36 bits per heavy atom. The van der Waals surface area contributed by atoms with Crippen molar-refractivity contribution in [2.24, 2.45) is 39.7 Å². The second kappa shape index (κ2) is 15.6. The molecular formula is C40H59NO15. The molecule has 0 amide bonds. The van der Waals surface area contributed by atoms with E-state index in [2.05, 4.69) is 12.1 Å². The number of aliphatic hydroxyl groups excluding tert-OH is 4. The van der Waals surface area contributed by atoms with Crippen LogP contribution in [0.4, 0.5) is 0 Å². The van der Waals surface area contributed by atoms with Crippen molar-refractivity contribution in [3.05, 3.63) is 34.4 Å². The van der Waals surface area contributed by atoms with E-state index in [9.17, 15) is 45.3 Å². The Morgan fingerprint density at radius 2 is 1.66 bits per heavy atom. The van der Waals surface area contributed by atoms with Gasteiger partial charge in [0.1, 0.15) is 24.4 Å². The fourth-order valence-corrected chi connectivity index (χ4v) is 11.9. The van der Waals surface area contributed by atoms with E-state index in [-0.39, 0.29) is 36.0 Å². The standard InChI is InChI=1S/C40H59NO15/c1-20-21(2)35(53-22(3)34(20)56-36-33(48)32(47)31(46)28(16-42)55-36)54-24-7-12-38(19-41-52-18-29(43)44)26-8-11-37(4)25(23-5-6-30(45)51-17-23)10-14-40(37,50)27(26)9-13-39(38,49)15-24/h5-6,17,19-22,24-28,31-36,42,46-50H,7-16,18H2,1-4H3,(H,43,44). The molecule has 3 heterocycles. The van der Waals surface area contributed by atoms with Crippen LogP contribution in [0.25, 0.3) is 0 Å². The number of nitrogens with zero attached hydrogens (tertiary/aromatic N) is 1. The van der Waals surface area contributed by atoms with Gasteiger partial charge in [0.2, 0.25) is 6.61 Å². The Bertz CT molecular complexity index is 1640. The summed E-state index contributed by atoms with van der Waals surface area (Å²) in [4.78, 5) is 28.2. The summed E-state index contributed by atoms with van der Waals surface area (Å²) >= 11 is 0. The third-order valence-electron chi connectivity index (χ3n) is 15.2. The summed E-state index contributed by atoms with van der Waals surface area (Å²) < 4.78 is 30.1. The van der Waals surface area contributed by atoms with Crippen LogP contribution in [0.2, 0.25) is 0 Å². The van der Waals surface area contributed by atoms with Crippen LogP contribution in [0.5, 0.6) is 0 Å². The van der Waals surface area contributed by atoms with Gasteiger partial charge in [0.05, 0.1) is 48.6 Å². The molecule has 7 rings (SSSR count). The molecule has 6 fully saturated rings. The van der Waals surface area contributed by atoms with Gasteiger partial charge in [-0.1, -0.05) is 25.9 Å². The number of carbonyl (C=O) groups is 1. The molecule has 16 nitrogen and oxygen atoms in total. The number of aliphatic hydroxyl groups is 6. The molecule has 4 saturated carbocycles. The molecule has 1 aromatic heterocycles. The number of fused-ring (bicyclic) bond motifs is 5. The quantitative estimate of drug-likeness (QED) is 0.101. The van der Waals surface area contributed by atoms with Crippen molar-refractivity contribution in [2.75, 3.05) is 13.2 Å². The molecule has 0 bridgehead atoms. The van der Waals surface area contributed by atoms with Crippen LogP contribution in [0.3, 0.4) is 0 Å². The minimum Gasteiger partial charge on any atom is -0.479 e. The molecule has 18 unspecified atom stereocenters. The number of carboxylic acid groups (broad SMARTS) is 1. The van der Waals surface area contributed by atoms with Gasteiger partial charge in [0, 0.05) is 29.2 Å². The predicted octanol–water partition coefficient (Wildman–Crippen LogP) is 1.65. The van der Waals surface area contributed by atoms with Crippen molar-refractivity contribution in [3.63, 3.8) is 0 Å². The van der Waals surface area contributed by atoms with Crippen LogP contribution < -0.4 is 5.63 Å². The zero-order valence-corrected chi connectivity index (χ0v) is 32.5. The van der Waals surface area contributed by atoms with Crippen molar-refractivity contribution in [1.82, 2.24) is 0 Å². The normalized spacial score (nSPS) is 49.2. The minimum atomic E-state index is -1.57. The summed E-state index contributed by atoms with van der Waals surface area (Å²) in [5, 5.41) is 79.7. The van der Waals surface area contributed by atoms with E-state index in [1.54, 1.807) is 12.3 Å². The molecule has 56 heavy (non-hydrogen) atoms. The highest BCUT2D eigenvalue weighted by molar-refractivity contribution is 5.70. The maximum atomic E-state index is 12.8. The molecular weight excluding hydrogens is 734 g/mol. The third kappa shape index (κ3) is 6.84. The van der Waals surface area contributed by atoms with Gasteiger partial charge < -0.3 is 63.9 Å². The summed E-state index contributed by atoms with van der Waals surface area (Å²) in [7, 11) is 0. The lowest BCUT2D eigenvalue weighted by Crippen LogP contribution is -2.69. The summed E-state index contributed by atoms with van der Waals surface area (Å²) in [6.45, 7) is 6.66. The van der Waals surface area contributed by atoms with Crippen molar-refractivity contribution in [1.29, 1.82) is 0 Å². The number of hydrogen-bond acceptors (Lipinski definition) is 15. The average Bonchev–Trinajstić information content (AvgIpc) is 3.44. The smallest absolute Gasteiger partial charge is 0.344 e. The summed E-state index contributed by atoms with van der Waals surface area (Å²) in [5.41, 5.74) is -3.37. The molecule has 1 aromatic rings. The Balaban J connectivity index is 1.08. The van der Waals surface area contributed by atoms with Crippen LogP contribution in [-0.2, 0) is 28.6 Å². The Kier molecular flexibility index (Phi) is 11.6. The van der Waals surface area contributed by atoms with Crippen LogP contribution in [0, 0.1) is 34.5 Å². The summed E-state index contributed by atoms with van der Waals surface area (Å²) in [5.74, 6) is -1.96. The van der Waals surface area contributed by atoms with Crippen LogP contribution in [-0.4, -0.2) is 128 Å². The highest BCUT2D eigenvalue weighted by atomic mass is 16.7. The lowest BCUT2D eigenvalue weighted by Gasteiger charge is -2.65. The van der Waals surface area contributed by atoms with E-state index in [0.717, 1.165) is 12.0 Å². The van der Waals surface area contributed by atoms with Gasteiger partial charge >= 0.3 is 11.6 Å². The molecule has 0 radical (unpaired) electrons. The number of rotatable bonds is 10. The van der Waals surface area contributed by atoms with Gasteiger partial charge in [0.25, 0.3) is 0 Å². The van der Waals surface area contributed by atoms with Crippen LogP contribution in [0.1, 0.15) is 97.0 Å². The number of carboxylic acids is 1. The lowest BCUT2D eigenvalue weighted by molar-refractivity contribution is -0.348. The van der Waals surface area contributed by atoms with Crippen molar-refractivity contribution in [2.45, 2.75) is 158 Å². The maximum absolute atomic E-state index is 12.8. The lowest BCUT2D eigenvalue weighted by atomic mass is 9.41. The van der Waals surface area contributed by atoms with Gasteiger partial charge in [0.15, 0.2) is 12.6 Å². The van der Waals surface area contributed by atoms with E-state index in [1.165, 1.54) is 12.3 Å². The van der Waals surface area contributed by atoms with Crippen LogP contribution in [0.15, 0.2) is 32.8 Å².